The Morgan fingerprint density at radius 1 is 1.28 bits per heavy atom. The lowest BCUT2D eigenvalue weighted by molar-refractivity contribution is 0.333. The van der Waals surface area contributed by atoms with Gasteiger partial charge in [0.1, 0.15) is 5.75 Å². The molecule has 1 aromatic carbocycles. The molecule has 1 nitrogen and oxygen atoms in total. The molecule has 0 heterocycles. The third-order valence-corrected chi connectivity index (χ3v) is 3.94. The summed E-state index contributed by atoms with van der Waals surface area (Å²) in [4.78, 5) is 0. The van der Waals surface area contributed by atoms with E-state index in [4.69, 9.17) is 16.3 Å². The molecule has 0 aliphatic carbocycles. The van der Waals surface area contributed by atoms with E-state index < -0.39 is 0 Å². The van der Waals surface area contributed by atoms with Crippen LogP contribution >= 0.6 is 11.6 Å². The van der Waals surface area contributed by atoms with Crippen LogP contribution in [0.3, 0.4) is 0 Å². The third-order valence-electron chi connectivity index (χ3n) is 3.27. The van der Waals surface area contributed by atoms with Crippen LogP contribution in [0.5, 0.6) is 5.75 Å². The zero-order chi connectivity index (χ0) is 13.5. The largest absolute Gasteiger partial charge is 0.494 e. The first kappa shape index (κ1) is 15.4. The van der Waals surface area contributed by atoms with Gasteiger partial charge in [-0.3, -0.25) is 0 Å². The van der Waals surface area contributed by atoms with Crippen molar-refractivity contribution in [3.63, 3.8) is 0 Å². The van der Waals surface area contributed by atoms with Crippen molar-refractivity contribution in [3.8, 4) is 5.75 Å². The van der Waals surface area contributed by atoms with E-state index in [2.05, 4.69) is 32.9 Å². The molecule has 0 spiro atoms. The molecule has 0 saturated heterocycles. The summed E-state index contributed by atoms with van der Waals surface area (Å²) in [5, 5.41) is 0.0398. The smallest absolute Gasteiger partial charge is 0.123 e. The Morgan fingerprint density at radius 2 is 2.00 bits per heavy atom. The highest BCUT2D eigenvalue weighted by Gasteiger charge is 2.20. The zero-order valence-corrected chi connectivity index (χ0v) is 12.8. The highest BCUT2D eigenvalue weighted by Crippen LogP contribution is 2.37. The minimum absolute atomic E-state index is 0.0398. The van der Waals surface area contributed by atoms with Crippen molar-refractivity contribution in [2.45, 2.75) is 52.3 Å². The van der Waals surface area contributed by atoms with Gasteiger partial charge in [0.25, 0.3) is 0 Å². The molecule has 0 amide bonds. The second kappa shape index (κ2) is 7.68. The standard InChI is InChI=1S/C16H25ClO/c1-5-7-8-13(4)16(17)14-11-12(3)9-10-15(14)18-6-2/h9-11,13,16H,5-8H2,1-4H3. The summed E-state index contributed by atoms with van der Waals surface area (Å²) in [6.07, 6.45) is 3.63. The zero-order valence-electron chi connectivity index (χ0n) is 12.0. The number of hydrogen-bond acceptors (Lipinski definition) is 1. The lowest BCUT2D eigenvalue weighted by Crippen LogP contribution is -2.07. The van der Waals surface area contributed by atoms with Gasteiger partial charge in [-0.1, -0.05) is 44.4 Å². The summed E-state index contributed by atoms with van der Waals surface area (Å²) in [5.41, 5.74) is 2.38. The van der Waals surface area contributed by atoms with E-state index in [1.165, 1.54) is 24.8 Å². The molecule has 2 unspecified atom stereocenters. The van der Waals surface area contributed by atoms with Crippen LogP contribution < -0.4 is 4.74 Å². The van der Waals surface area contributed by atoms with Crippen LogP contribution in [0, 0.1) is 12.8 Å². The molecule has 0 aromatic heterocycles. The molecule has 0 radical (unpaired) electrons. The quantitative estimate of drug-likeness (QED) is 0.593. The van der Waals surface area contributed by atoms with Gasteiger partial charge < -0.3 is 4.74 Å². The predicted octanol–water partition coefficient (Wildman–Crippen LogP) is 5.50. The molecule has 0 N–H and O–H groups in total. The molecule has 2 heteroatoms. The van der Waals surface area contributed by atoms with Crippen LogP contribution in [0.1, 0.15) is 56.5 Å². The van der Waals surface area contributed by atoms with Gasteiger partial charge in [0.05, 0.1) is 12.0 Å². The van der Waals surface area contributed by atoms with Crippen LogP contribution in [-0.2, 0) is 0 Å². The normalized spacial score (nSPS) is 14.3. The van der Waals surface area contributed by atoms with E-state index in [1.54, 1.807) is 0 Å². The Labute approximate surface area is 116 Å². The fourth-order valence-electron chi connectivity index (χ4n) is 2.15. The van der Waals surface area contributed by atoms with Crippen molar-refractivity contribution in [2.75, 3.05) is 6.61 Å². The first-order chi connectivity index (χ1) is 8.60. The van der Waals surface area contributed by atoms with Crippen molar-refractivity contribution in [3.05, 3.63) is 29.3 Å². The molecule has 2 atom stereocenters. The molecular formula is C16H25ClO. The molecule has 0 aliphatic heterocycles. The number of ether oxygens (including phenoxy) is 1. The number of benzene rings is 1. The highest BCUT2D eigenvalue weighted by atomic mass is 35.5. The molecule has 0 aliphatic rings. The second-order valence-electron chi connectivity index (χ2n) is 5.00. The number of halogens is 1. The Morgan fingerprint density at radius 3 is 2.61 bits per heavy atom. The summed E-state index contributed by atoms with van der Waals surface area (Å²) in [5.74, 6) is 1.42. The van der Waals surface area contributed by atoms with Gasteiger partial charge >= 0.3 is 0 Å². The summed E-state index contributed by atoms with van der Waals surface area (Å²) in [6, 6.07) is 6.27. The lowest BCUT2D eigenvalue weighted by Gasteiger charge is -2.21. The Hall–Kier alpha value is -0.690. The molecule has 1 rings (SSSR count). The summed E-state index contributed by atoms with van der Waals surface area (Å²) in [6.45, 7) is 9.23. The summed E-state index contributed by atoms with van der Waals surface area (Å²) < 4.78 is 5.68. The molecule has 1 aromatic rings. The first-order valence-corrected chi connectivity index (χ1v) is 7.41. The van der Waals surface area contributed by atoms with E-state index in [0.29, 0.717) is 12.5 Å². The average molecular weight is 269 g/mol. The predicted molar refractivity (Wildman–Crippen MR) is 79.6 cm³/mol. The molecule has 18 heavy (non-hydrogen) atoms. The number of hydrogen-bond donors (Lipinski definition) is 0. The SMILES string of the molecule is CCCCC(C)C(Cl)c1cc(C)ccc1OCC. The van der Waals surface area contributed by atoms with E-state index in [1.807, 2.05) is 13.0 Å². The van der Waals surface area contributed by atoms with Gasteiger partial charge in [-0.25, -0.2) is 0 Å². The first-order valence-electron chi connectivity index (χ1n) is 6.97. The van der Waals surface area contributed by atoms with Gasteiger partial charge in [-0.2, -0.15) is 0 Å². The van der Waals surface area contributed by atoms with E-state index in [-0.39, 0.29) is 5.38 Å². The number of aryl methyl sites for hydroxylation is 1. The van der Waals surface area contributed by atoms with Crippen LogP contribution in [0.4, 0.5) is 0 Å². The van der Waals surface area contributed by atoms with Crippen LogP contribution in [-0.4, -0.2) is 6.61 Å². The van der Waals surface area contributed by atoms with Crippen LogP contribution in [0.25, 0.3) is 0 Å². The van der Waals surface area contributed by atoms with E-state index in [0.717, 1.165) is 11.3 Å². The van der Waals surface area contributed by atoms with Gasteiger partial charge in [0.15, 0.2) is 0 Å². The van der Waals surface area contributed by atoms with Crippen molar-refractivity contribution in [2.24, 2.45) is 5.92 Å². The summed E-state index contributed by atoms with van der Waals surface area (Å²) in [7, 11) is 0. The van der Waals surface area contributed by atoms with Crippen LogP contribution in [0.2, 0.25) is 0 Å². The Balaban J connectivity index is 2.87. The maximum Gasteiger partial charge on any atom is 0.123 e. The van der Waals surface area contributed by atoms with E-state index in [9.17, 15) is 0 Å². The maximum atomic E-state index is 6.63. The van der Waals surface area contributed by atoms with Crippen LogP contribution in [0.15, 0.2) is 18.2 Å². The van der Waals surface area contributed by atoms with Crippen molar-refractivity contribution < 1.29 is 4.74 Å². The minimum atomic E-state index is 0.0398. The fourth-order valence-corrected chi connectivity index (χ4v) is 2.45. The van der Waals surface area contributed by atoms with Gasteiger partial charge in [-0.05, 0) is 32.3 Å². The number of unbranched alkanes of at least 4 members (excludes halogenated alkanes) is 1. The number of rotatable bonds is 7. The molecular weight excluding hydrogens is 244 g/mol. The van der Waals surface area contributed by atoms with Gasteiger partial charge in [-0.15, -0.1) is 11.6 Å². The fraction of sp³-hybridized carbons (Fsp3) is 0.625. The lowest BCUT2D eigenvalue weighted by atomic mass is 9.94. The third kappa shape index (κ3) is 4.20. The van der Waals surface area contributed by atoms with Gasteiger partial charge in [0.2, 0.25) is 0 Å². The monoisotopic (exact) mass is 268 g/mol. The second-order valence-corrected chi connectivity index (χ2v) is 5.47. The Bertz CT molecular complexity index is 362. The highest BCUT2D eigenvalue weighted by molar-refractivity contribution is 6.21. The van der Waals surface area contributed by atoms with Crippen molar-refractivity contribution >= 4 is 11.6 Å². The average Bonchev–Trinajstić information content (AvgIpc) is 2.37. The Kier molecular flexibility index (Phi) is 6.56. The molecule has 0 bridgehead atoms. The van der Waals surface area contributed by atoms with Gasteiger partial charge in [0, 0.05) is 5.56 Å². The van der Waals surface area contributed by atoms with Crippen molar-refractivity contribution in [1.29, 1.82) is 0 Å². The van der Waals surface area contributed by atoms with Crippen molar-refractivity contribution in [1.82, 2.24) is 0 Å². The molecule has 0 saturated carbocycles. The number of alkyl halides is 1. The minimum Gasteiger partial charge on any atom is -0.494 e. The summed E-state index contributed by atoms with van der Waals surface area (Å²) >= 11 is 6.63. The molecule has 0 fully saturated rings. The van der Waals surface area contributed by atoms with E-state index >= 15 is 0 Å². The topological polar surface area (TPSA) is 9.23 Å². The molecule has 102 valence electrons. The maximum absolute atomic E-state index is 6.63.